The van der Waals surface area contributed by atoms with Crippen LogP contribution in [0.4, 0.5) is 0 Å². The van der Waals surface area contributed by atoms with Gasteiger partial charge in [0.1, 0.15) is 0 Å². The van der Waals surface area contributed by atoms with Gasteiger partial charge < -0.3 is 15.2 Å². The van der Waals surface area contributed by atoms with Crippen LogP contribution in [-0.2, 0) is 6.61 Å². The van der Waals surface area contributed by atoms with Gasteiger partial charge in [0, 0.05) is 0 Å². The molecular formula is C8H11BO3. The predicted octanol–water partition coefficient (Wildman–Crippen LogP) is -0.833. The van der Waals surface area contributed by atoms with E-state index in [2.05, 4.69) is 0 Å². The molecule has 0 radical (unpaired) electrons. The molecule has 0 heterocycles. The van der Waals surface area contributed by atoms with E-state index in [-0.39, 0.29) is 6.61 Å². The van der Waals surface area contributed by atoms with Gasteiger partial charge >= 0.3 is 7.12 Å². The molecule has 0 aliphatic heterocycles. The van der Waals surface area contributed by atoms with E-state index >= 15 is 0 Å². The highest BCUT2D eigenvalue weighted by Gasteiger charge is 2.15. The number of aryl methyl sites for hydroxylation is 1. The van der Waals surface area contributed by atoms with Crippen LogP contribution < -0.4 is 5.46 Å². The molecule has 3 nitrogen and oxygen atoms in total. The van der Waals surface area contributed by atoms with Gasteiger partial charge in [-0.3, -0.25) is 0 Å². The van der Waals surface area contributed by atoms with E-state index in [1.54, 1.807) is 12.1 Å². The van der Waals surface area contributed by atoms with Crippen LogP contribution in [0.1, 0.15) is 11.1 Å². The summed E-state index contributed by atoms with van der Waals surface area (Å²) in [6.45, 7) is 1.65. The zero-order chi connectivity index (χ0) is 9.14. The Hall–Kier alpha value is -0.835. The van der Waals surface area contributed by atoms with E-state index in [0.29, 0.717) is 11.0 Å². The summed E-state index contributed by atoms with van der Waals surface area (Å²) in [7, 11) is -1.51. The van der Waals surface area contributed by atoms with Crippen molar-refractivity contribution < 1.29 is 15.2 Å². The quantitative estimate of drug-likeness (QED) is 0.502. The molecule has 12 heavy (non-hydrogen) atoms. The van der Waals surface area contributed by atoms with Gasteiger partial charge in [-0.1, -0.05) is 18.2 Å². The minimum Gasteiger partial charge on any atom is -0.423 e. The topological polar surface area (TPSA) is 60.7 Å². The van der Waals surface area contributed by atoms with Crippen LogP contribution >= 0.6 is 0 Å². The van der Waals surface area contributed by atoms with Crippen LogP contribution in [0.3, 0.4) is 0 Å². The Labute approximate surface area is 71.4 Å². The van der Waals surface area contributed by atoms with E-state index in [1.807, 2.05) is 13.0 Å². The normalized spacial score (nSPS) is 10.0. The van der Waals surface area contributed by atoms with E-state index < -0.39 is 7.12 Å². The minimum atomic E-state index is -1.51. The second-order valence-electron chi connectivity index (χ2n) is 2.67. The zero-order valence-corrected chi connectivity index (χ0v) is 6.86. The molecule has 0 atom stereocenters. The van der Waals surface area contributed by atoms with Crippen molar-refractivity contribution in [2.45, 2.75) is 13.5 Å². The van der Waals surface area contributed by atoms with Crippen molar-refractivity contribution in [3.63, 3.8) is 0 Å². The smallest absolute Gasteiger partial charge is 0.423 e. The number of aliphatic hydroxyl groups is 1. The van der Waals surface area contributed by atoms with Crippen molar-refractivity contribution in [3.8, 4) is 0 Å². The molecule has 0 unspecified atom stereocenters. The van der Waals surface area contributed by atoms with Gasteiger partial charge in [0.15, 0.2) is 0 Å². The molecule has 0 bridgehead atoms. The summed E-state index contributed by atoms with van der Waals surface area (Å²) < 4.78 is 0. The third-order valence-corrected chi connectivity index (χ3v) is 1.88. The fourth-order valence-electron chi connectivity index (χ4n) is 1.18. The predicted molar refractivity (Wildman–Crippen MR) is 46.9 cm³/mol. The summed E-state index contributed by atoms with van der Waals surface area (Å²) in [5, 5.41) is 26.7. The first-order valence-electron chi connectivity index (χ1n) is 3.72. The minimum absolute atomic E-state index is 0.167. The summed E-state index contributed by atoms with van der Waals surface area (Å²) in [5.41, 5.74) is 1.83. The zero-order valence-electron chi connectivity index (χ0n) is 6.86. The van der Waals surface area contributed by atoms with E-state index in [9.17, 15) is 0 Å². The first kappa shape index (κ1) is 9.25. The highest BCUT2D eigenvalue weighted by Crippen LogP contribution is 2.04. The van der Waals surface area contributed by atoms with Gasteiger partial charge in [0.25, 0.3) is 0 Å². The maximum absolute atomic E-state index is 8.93. The van der Waals surface area contributed by atoms with Crippen molar-refractivity contribution in [1.82, 2.24) is 0 Å². The van der Waals surface area contributed by atoms with Gasteiger partial charge in [0.05, 0.1) is 6.61 Å². The Kier molecular flexibility index (Phi) is 2.86. The lowest BCUT2D eigenvalue weighted by molar-refractivity contribution is 0.281. The summed E-state index contributed by atoms with van der Waals surface area (Å²) in [6, 6.07) is 5.13. The molecule has 0 saturated heterocycles. The summed E-state index contributed by atoms with van der Waals surface area (Å²) >= 11 is 0. The Balaban J connectivity index is 3.18. The second-order valence-corrected chi connectivity index (χ2v) is 2.67. The number of benzene rings is 1. The van der Waals surface area contributed by atoms with Crippen molar-refractivity contribution in [2.24, 2.45) is 0 Å². The number of aliphatic hydroxyl groups excluding tert-OH is 1. The SMILES string of the molecule is Cc1cccc(B(O)O)c1CO. The summed E-state index contributed by atoms with van der Waals surface area (Å²) in [6.07, 6.45) is 0. The van der Waals surface area contributed by atoms with Gasteiger partial charge in [-0.15, -0.1) is 0 Å². The fourth-order valence-corrected chi connectivity index (χ4v) is 1.18. The Bertz CT molecular complexity index is 273. The summed E-state index contributed by atoms with van der Waals surface area (Å²) in [4.78, 5) is 0. The van der Waals surface area contributed by atoms with Crippen LogP contribution in [0, 0.1) is 6.92 Å². The van der Waals surface area contributed by atoms with Crippen molar-refractivity contribution in [1.29, 1.82) is 0 Å². The lowest BCUT2D eigenvalue weighted by Crippen LogP contribution is -2.33. The second kappa shape index (κ2) is 3.71. The van der Waals surface area contributed by atoms with Crippen LogP contribution in [0.2, 0.25) is 0 Å². The van der Waals surface area contributed by atoms with Crippen LogP contribution in [-0.4, -0.2) is 22.3 Å². The molecule has 1 rings (SSSR count). The largest absolute Gasteiger partial charge is 0.488 e. The van der Waals surface area contributed by atoms with Crippen LogP contribution in [0.5, 0.6) is 0 Å². The average molecular weight is 166 g/mol. The number of hydrogen-bond acceptors (Lipinski definition) is 3. The third-order valence-electron chi connectivity index (χ3n) is 1.88. The third kappa shape index (κ3) is 1.66. The molecule has 1 aromatic rings. The Morgan fingerprint density at radius 1 is 1.33 bits per heavy atom. The Morgan fingerprint density at radius 2 is 2.00 bits per heavy atom. The fraction of sp³-hybridized carbons (Fsp3) is 0.250. The molecule has 0 amide bonds. The molecule has 0 aromatic heterocycles. The number of rotatable bonds is 2. The molecule has 0 saturated carbocycles. The first-order valence-corrected chi connectivity index (χ1v) is 3.72. The standard InChI is InChI=1S/C8H11BO3/c1-6-3-2-4-8(9(11)12)7(6)5-10/h2-4,10-12H,5H2,1H3. The molecule has 4 heteroatoms. The first-order chi connectivity index (χ1) is 5.66. The van der Waals surface area contributed by atoms with Gasteiger partial charge in [-0.05, 0) is 23.5 Å². The van der Waals surface area contributed by atoms with E-state index in [1.165, 1.54) is 0 Å². The maximum atomic E-state index is 8.93. The lowest BCUT2D eigenvalue weighted by atomic mass is 9.76. The summed E-state index contributed by atoms with van der Waals surface area (Å²) in [5.74, 6) is 0. The van der Waals surface area contributed by atoms with Crippen LogP contribution in [0.15, 0.2) is 18.2 Å². The highest BCUT2D eigenvalue weighted by molar-refractivity contribution is 6.59. The van der Waals surface area contributed by atoms with Gasteiger partial charge in [0.2, 0.25) is 0 Å². The Morgan fingerprint density at radius 3 is 2.42 bits per heavy atom. The average Bonchev–Trinajstić information content (AvgIpc) is 2.03. The molecule has 1 aromatic carbocycles. The van der Waals surface area contributed by atoms with Crippen LogP contribution in [0.25, 0.3) is 0 Å². The molecule has 0 fully saturated rings. The monoisotopic (exact) mass is 166 g/mol. The van der Waals surface area contributed by atoms with Gasteiger partial charge in [-0.2, -0.15) is 0 Å². The van der Waals surface area contributed by atoms with Crippen molar-refractivity contribution in [3.05, 3.63) is 29.3 Å². The molecular weight excluding hydrogens is 155 g/mol. The molecule has 0 aliphatic rings. The highest BCUT2D eigenvalue weighted by atomic mass is 16.4. The van der Waals surface area contributed by atoms with E-state index in [0.717, 1.165) is 5.56 Å². The van der Waals surface area contributed by atoms with Gasteiger partial charge in [-0.25, -0.2) is 0 Å². The van der Waals surface area contributed by atoms with Crippen molar-refractivity contribution in [2.75, 3.05) is 0 Å². The molecule has 0 spiro atoms. The lowest BCUT2D eigenvalue weighted by Gasteiger charge is -2.08. The van der Waals surface area contributed by atoms with E-state index in [4.69, 9.17) is 15.2 Å². The molecule has 3 N–H and O–H groups in total. The maximum Gasteiger partial charge on any atom is 0.488 e. The number of hydrogen-bond donors (Lipinski definition) is 3. The molecule has 0 aliphatic carbocycles. The van der Waals surface area contributed by atoms with Crippen molar-refractivity contribution >= 4 is 12.6 Å². The molecule has 64 valence electrons.